The van der Waals surface area contributed by atoms with Gasteiger partial charge in [-0.15, -0.1) is 0 Å². The fourth-order valence-corrected chi connectivity index (χ4v) is 0.954. The zero-order valence-corrected chi connectivity index (χ0v) is 11.6. The van der Waals surface area contributed by atoms with Gasteiger partial charge in [-0.2, -0.15) is 0 Å². The van der Waals surface area contributed by atoms with Gasteiger partial charge in [0.1, 0.15) is 5.76 Å². The van der Waals surface area contributed by atoms with Crippen molar-refractivity contribution in [2.75, 3.05) is 14.2 Å². The van der Waals surface area contributed by atoms with Crippen molar-refractivity contribution in [2.45, 2.75) is 0 Å². The molecule has 13 heavy (non-hydrogen) atoms. The van der Waals surface area contributed by atoms with Crippen LogP contribution in [0.15, 0.2) is 36.1 Å². The molecule has 0 aromatic heterocycles. The molecule has 0 aromatic carbocycles. The molecule has 0 N–H and O–H groups in total. The van der Waals surface area contributed by atoms with E-state index in [2.05, 4.69) is 6.58 Å². The van der Waals surface area contributed by atoms with Crippen LogP contribution in [0.4, 0.5) is 0 Å². The maximum absolute atomic E-state index is 5.08. The molecule has 1 aliphatic rings. The predicted molar refractivity (Wildman–Crippen MR) is 43.6 cm³/mol. The van der Waals surface area contributed by atoms with Crippen molar-refractivity contribution in [3.8, 4) is 0 Å². The molecular formula is C9H11ClO2Zn-. The van der Waals surface area contributed by atoms with Crippen LogP contribution in [0.3, 0.4) is 0 Å². The van der Waals surface area contributed by atoms with Gasteiger partial charge < -0.3 is 21.9 Å². The average molecular weight is 252 g/mol. The van der Waals surface area contributed by atoms with Gasteiger partial charge in [-0.1, -0.05) is 18.7 Å². The SMILES string of the molecule is C=C1C=CC=C(OC)[C]1OC.[Cl-].[Zn]. The summed E-state index contributed by atoms with van der Waals surface area (Å²) in [6.07, 6.45) is 6.30. The number of methoxy groups -OCH3 is 2. The van der Waals surface area contributed by atoms with Crippen LogP contribution in [0.2, 0.25) is 0 Å². The first kappa shape index (κ1) is 15.4. The molecule has 1 aliphatic carbocycles. The molecule has 0 heterocycles. The van der Waals surface area contributed by atoms with Gasteiger partial charge in [0.05, 0.1) is 7.11 Å². The molecule has 0 aliphatic heterocycles. The summed E-state index contributed by atoms with van der Waals surface area (Å²) in [7, 11) is 3.21. The number of hydrogen-bond donors (Lipinski definition) is 0. The first-order valence-corrected chi connectivity index (χ1v) is 3.32. The fourth-order valence-electron chi connectivity index (χ4n) is 0.954. The number of rotatable bonds is 2. The van der Waals surface area contributed by atoms with Crippen molar-refractivity contribution in [3.63, 3.8) is 0 Å². The topological polar surface area (TPSA) is 18.5 Å². The van der Waals surface area contributed by atoms with E-state index in [4.69, 9.17) is 9.47 Å². The first-order valence-electron chi connectivity index (χ1n) is 3.32. The van der Waals surface area contributed by atoms with Crippen LogP contribution in [-0.2, 0) is 29.0 Å². The Bertz CT molecular complexity index is 224. The van der Waals surface area contributed by atoms with Crippen LogP contribution in [-0.4, -0.2) is 14.2 Å². The molecule has 0 aromatic rings. The van der Waals surface area contributed by atoms with Crippen molar-refractivity contribution in [2.24, 2.45) is 0 Å². The Morgan fingerprint density at radius 3 is 2.23 bits per heavy atom. The molecular weight excluding hydrogens is 241 g/mol. The van der Waals surface area contributed by atoms with E-state index in [1.165, 1.54) is 0 Å². The molecule has 4 heteroatoms. The van der Waals surface area contributed by atoms with E-state index in [1.54, 1.807) is 14.2 Å². The molecule has 2 nitrogen and oxygen atoms in total. The summed E-state index contributed by atoms with van der Waals surface area (Å²) in [6.45, 7) is 3.79. The largest absolute Gasteiger partial charge is 1.00 e. The number of allylic oxidation sites excluding steroid dienone is 2. The minimum Gasteiger partial charge on any atom is -1.00 e. The molecule has 0 saturated heterocycles. The van der Waals surface area contributed by atoms with Gasteiger partial charge in [0.25, 0.3) is 0 Å². The number of hydrogen-bond acceptors (Lipinski definition) is 2. The predicted octanol–water partition coefficient (Wildman–Crippen LogP) is -1.18. The third kappa shape index (κ3) is 3.64. The van der Waals surface area contributed by atoms with Crippen LogP contribution in [0.1, 0.15) is 0 Å². The third-order valence-electron chi connectivity index (χ3n) is 1.48. The zero-order valence-electron chi connectivity index (χ0n) is 7.84. The fraction of sp³-hybridized carbons (Fsp3) is 0.222. The van der Waals surface area contributed by atoms with Gasteiger partial charge in [-0.3, -0.25) is 0 Å². The Labute approximate surface area is 97.8 Å². The summed E-state index contributed by atoms with van der Waals surface area (Å²) < 4.78 is 10.1. The van der Waals surface area contributed by atoms with E-state index in [9.17, 15) is 0 Å². The van der Waals surface area contributed by atoms with E-state index >= 15 is 0 Å². The Kier molecular flexibility index (Phi) is 8.64. The number of halogens is 1. The van der Waals surface area contributed by atoms with E-state index in [0.717, 1.165) is 11.3 Å². The second-order valence-corrected chi connectivity index (χ2v) is 2.15. The van der Waals surface area contributed by atoms with E-state index in [1.807, 2.05) is 18.2 Å². The van der Waals surface area contributed by atoms with E-state index in [-0.39, 0.29) is 31.9 Å². The molecule has 0 amide bonds. The number of ether oxygens (including phenoxy) is 2. The second-order valence-electron chi connectivity index (χ2n) is 2.15. The molecule has 0 fully saturated rings. The molecule has 0 unspecified atom stereocenters. The van der Waals surface area contributed by atoms with Gasteiger partial charge in [-0.05, 0) is 11.6 Å². The Hall–Kier alpha value is -0.107. The van der Waals surface area contributed by atoms with Crippen molar-refractivity contribution < 1.29 is 41.4 Å². The molecule has 69 valence electrons. The molecule has 0 atom stereocenters. The summed E-state index contributed by atoms with van der Waals surface area (Å²) in [6, 6.07) is 0. The van der Waals surface area contributed by atoms with Gasteiger partial charge in [0, 0.05) is 26.6 Å². The van der Waals surface area contributed by atoms with Crippen molar-refractivity contribution in [1.82, 2.24) is 0 Å². The summed E-state index contributed by atoms with van der Waals surface area (Å²) in [4.78, 5) is 0. The Morgan fingerprint density at radius 2 is 1.85 bits per heavy atom. The third-order valence-corrected chi connectivity index (χ3v) is 1.48. The first-order chi connectivity index (χ1) is 5.29. The smallest absolute Gasteiger partial charge is 0.189 e. The van der Waals surface area contributed by atoms with Crippen molar-refractivity contribution in [3.05, 3.63) is 42.2 Å². The molecule has 0 bridgehead atoms. The maximum atomic E-state index is 5.08. The average Bonchev–Trinajstić information content (AvgIpc) is 2.04. The van der Waals surface area contributed by atoms with Crippen LogP contribution >= 0.6 is 0 Å². The Balaban J connectivity index is 0. The van der Waals surface area contributed by atoms with Crippen molar-refractivity contribution in [1.29, 1.82) is 0 Å². The van der Waals surface area contributed by atoms with Crippen LogP contribution in [0.5, 0.6) is 0 Å². The van der Waals surface area contributed by atoms with Crippen molar-refractivity contribution >= 4 is 0 Å². The second kappa shape index (κ2) is 7.31. The summed E-state index contributed by atoms with van der Waals surface area (Å²) in [5.74, 6) is 0.722. The minimum absolute atomic E-state index is 0. The van der Waals surface area contributed by atoms with Gasteiger partial charge >= 0.3 is 0 Å². The van der Waals surface area contributed by atoms with Crippen LogP contribution < -0.4 is 12.4 Å². The minimum atomic E-state index is 0. The Morgan fingerprint density at radius 1 is 1.23 bits per heavy atom. The zero-order chi connectivity index (χ0) is 8.27. The van der Waals surface area contributed by atoms with Crippen LogP contribution in [0, 0.1) is 6.10 Å². The van der Waals surface area contributed by atoms with Gasteiger partial charge in [-0.25, -0.2) is 0 Å². The van der Waals surface area contributed by atoms with E-state index in [0.29, 0.717) is 6.10 Å². The summed E-state index contributed by atoms with van der Waals surface area (Å²) >= 11 is 0. The normalized spacial score (nSPS) is 15.5. The molecule has 0 spiro atoms. The maximum Gasteiger partial charge on any atom is 0.189 e. The molecule has 0 saturated carbocycles. The van der Waals surface area contributed by atoms with E-state index < -0.39 is 0 Å². The molecule has 1 rings (SSSR count). The quantitative estimate of drug-likeness (QED) is 0.576. The summed E-state index contributed by atoms with van der Waals surface area (Å²) in [5.41, 5.74) is 0.840. The standard InChI is InChI=1S/C9H11O2.ClH.Zn/c1-7-5-4-6-8(10-2)9(7)11-3;;/h4-6H,1H2,2-3H3;1H;/p-1. The monoisotopic (exact) mass is 250 g/mol. The van der Waals surface area contributed by atoms with Gasteiger partial charge in [0.2, 0.25) is 0 Å². The molecule has 1 radical (unpaired) electrons. The summed E-state index contributed by atoms with van der Waals surface area (Å²) in [5, 5.41) is 0. The van der Waals surface area contributed by atoms with Crippen LogP contribution in [0.25, 0.3) is 0 Å². The van der Waals surface area contributed by atoms with Gasteiger partial charge in [0.15, 0.2) is 6.10 Å².